The van der Waals surface area contributed by atoms with Crippen molar-refractivity contribution in [3.05, 3.63) is 71.4 Å². The molecule has 0 bridgehead atoms. The van der Waals surface area contributed by atoms with Gasteiger partial charge in [0, 0.05) is 5.56 Å². The average Bonchev–Trinajstić information content (AvgIpc) is 2.84. The fourth-order valence-electron chi connectivity index (χ4n) is 1.93. The molecule has 2 aromatic carbocycles. The van der Waals surface area contributed by atoms with Gasteiger partial charge in [-0.05, 0) is 23.8 Å². The molecule has 0 saturated carbocycles. The molecule has 1 aliphatic rings. The summed E-state index contributed by atoms with van der Waals surface area (Å²) in [7, 11) is 0. The summed E-state index contributed by atoms with van der Waals surface area (Å²) in [4.78, 5) is 16.2. The van der Waals surface area contributed by atoms with Gasteiger partial charge in [-0.25, -0.2) is 4.99 Å². The van der Waals surface area contributed by atoms with Crippen LogP contribution in [0.15, 0.2) is 65.3 Å². The molecule has 0 aromatic heterocycles. The van der Waals surface area contributed by atoms with Gasteiger partial charge in [-0.3, -0.25) is 4.79 Å². The van der Waals surface area contributed by atoms with Crippen molar-refractivity contribution in [2.75, 3.05) is 0 Å². The normalized spacial score (nSPS) is 16.1. The Morgan fingerprint density at radius 1 is 1.00 bits per heavy atom. The first kappa shape index (κ1) is 12.2. The third kappa shape index (κ3) is 2.44. The predicted octanol–water partition coefficient (Wildman–Crippen LogP) is 2.31. The summed E-state index contributed by atoms with van der Waals surface area (Å²) in [5.41, 5.74) is 2.04. The lowest BCUT2D eigenvalue weighted by molar-refractivity contribution is -0.115. The minimum absolute atomic E-state index is 0.191. The number of carbonyl (C=O) groups is 1. The van der Waals surface area contributed by atoms with Crippen LogP contribution in [-0.2, 0) is 4.79 Å². The summed E-state index contributed by atoms with van der Waals surface area (Å²) in [6.07, 6.45) is 1.69. The molecule has 0 atom stereocenters. The molecule has 98 valence electrons. The van der Waals surface area contributed by atoms with Crippen LogP contribution in [0.1, 0.15) is 11.1 Å². The fraction of sp³-hybridized carbons (Fsp3) is 0. The molecule has 2 N–H and O–H groups in total. The largest absolute Gasteiger partial charge is 0.508 e. The van der Waals surface area contributed by atoms with Crippen molar-refractivity contribution in [2.24, 2.45) is 4.99 Å². The van der Waals surface area contributed by atoms with Crippen LogP contribution in [0, 0.1) is 0 Å². The van der Waals surface area contributed by atoms with Gasteiger partial charge in [0.25, 0.3) is 5.91 Å². The molecular weight excluding hydrogens is 252 g/mol. The van der Waals surface area contributed by atoms with Gasteiger partial charge in [0.1, 0.15) is 17.3 Å². The molecule has 1 aliphatic heterocycles. The molecule has 4 heteroatoms. The molecule has 4 nitrogen and oxygen atoms in total. The number of hydrogen-bond donors (Lipinski definition) is 2. The number of nitrogens with one attached hydrogen (secondary N) is 1. The van der Waals surface area contributed by atoms with Crippen LogP contribution in [0.5, 0.6) is 5.75 Å². The molecule has 0 saturated heterocycles. The van der Waals surface area contributed by atoms with E-state index in [4.69, 9.17) is 0 Å². The van der Waals surface area contributed by atoms with E-state index in [0.717, 1.165) is 11.1 Å². The van der Waals surface area contributed by atoms with Gasteiger partial charge in [0.2, 0.25) is 0 Å². The summed E-state index contributed by atoms with van der Waals surface area (Å²) < 4.78 is 0. The molecule has 3 rings (SSSR count). The Labute approximate surface area is 116 Å². The van der Waals surface area contributed by atoms with Crippen LogP contribution in [0.4, 0.5) is 0 Å². The lowest BCUT2D eigenvalue weighted by Crippen LogP contribution is -2.24. The summed E-state index contributed by atoms with van der Waals surface area (Å²) in [6.45, 7) is 0. The van der Waals surface area contributed by atoms with E-state index in [-0.39, 0.29) is 11.7 Å². The van der Waals surface area contributed by atoms with Crippen molar-refractivity contribution in [1.29, 1.82) is 0 Å². The van der Waals surface area contributed by atoms with Gasteiger partial charge in [-0.2, -0.15) is 0 Å². The van der Waals surface area contributed by atoms with Crippen LogP contribution in [0.25, 0.3) is 6.08 Å². The summed E-state index contributed by atoms with van der Waals surface area (Å²) >= 11 is 0. The average molecular weight is 264 g/mol. The molecule has 0 spiro atoms. The van der Waals surface area contributed by atoms with Crippen molar-refractivity contribution in [3.8, 4) is 5.75 Å². The number of phenolic OH excluding ortho intramolecular Hbond substituents is 1. The Kier molecular flexibility index (Phi) is 3.05. The quantitative estimate of drug-likeness (QED) is 0.818. The van der Waals surface area contributed by atoms with Crippen molar-refractivity contribution in [1.82, 2.24) is 5.32 Å². The number of nitrogens with zero attached hydrogens (tertiary/aromatic N) is 1. The van der Waals surface area contributed by atoms with Crippen molar-refractivity contribution >= 4 is 17.8 Å². The van der Waals surface area contributed by atoms with Gasteiger partial charge < -0.3 is 10.4 Å². The van der Waals surface area contributed by atoms with Crippen molar-refractivity contribution in [3.63, 3.8) is 0 Å². The number of amidine groups is 1. The second kappa shape index (κ2) is 5.01. The molecule has 2 aromatic rings. The third-order valence-electron chi connectivity index (χ3n) is 2.94. The van der Waals surface area contributed by atoms with E-state index >= 15 is 0 Å². The van der Waals surface area contributed by atoms with Crippen LogP contribution < -0.4 is 5.32 Å². The van der Waals surface area contributed by atoms with Crippen LogP contribution in [0.2, 0.25) is 0 Å². The maximum Gasteiger partial charge on any atom is 0.275 e. The van der Waals surface area contributed by atoms with Gasteiger partial charge in [0.05, 0.1) is 0 Å². The summed E-state index contributed by atoms with van der Waals surface area (Å²) in [5, 5.41) is 12.0. The Hall–Kier alpha value is -2.88. The first-order chi connectivity index (χ1) is 9.72. The van der Waals surface area contributed by atoms with Gasteiger partial charge in [-0.1, -0.05) is 42.5 Å². The second-order valence-corrected chi connectivity index (χ2v) is 4.40. The Morgan fingerprint density at radius 3 is 2.40 bits per heavy atom. The second-order valence-electron chi connectivity index (χ2n) is 4.40. The first-order valence-corrected chi connectivity index (χ1v) is 6.18. The van der Waals surface area contributed by atoms with Crippen molar-refractivity contribution in [2.45, 2.75) is 0 Å². The zero-order valence-electron chi connectivity index (χ0n) is 10.6. The zero-order chi connectivity index (χ0) is 13.9. The topological polar surface area (TPSA) is 61.7 Å². The minimum atomic E-state index is -0.225. The van der Waals surface area contributed by atoms with Crippen molar-refractivity contribution < 1.29 is 9.90 Å². The molecule has 0 fully saturated rings. The standard InChI is InChI=1S/C16H12N2O2/c19-13-8-6-11(7-9-13)10-14-16(20)18-15(17-14)12-4-2-1-3-5-12/h1-10,19H,(H,17,18,20). The van der Waals surface area contributed by atoms with Gasteiger partial charge in [-0.15, -0.1) is 0 Å². The Bertz CT molecular complexity index is 701. The monoisotopic (exact) mass is 264 g/mol. The molecule has 0 unspecified atom stereocenters. The van der Waals surface area contributed by atoms with E-state index in [1.807, 2.05) is 30.3 Å². The summed E-state index contributed by atoms with van der Waals surface area (Å²) in [6, 6.07) is 16.1. The minimum Gasteiger partial charge on any atom is -0.508 e. The number of hydrogen-bond acceptors (Lipinski definition) is 3. The highest BCUT2D eigenvalue weighted by molar-refractivity contribution is 6.19. The third-order valence-corrected chi connectivity index (χ3v) is 2.94. The number of aliphatic imine (C=N–C) groups is 1. The lowest BCUT2D eigenvalue weighted by atomic mass is 10.2. The van der Waals surface area contributed by atoms with Crippen LogP contribution >= 0.6 is 0 Å². The number of carbonyl (C=O) groups excluding carboxylic acids is 1. The first-order valence-electron chi connectivity index (χ1n) is 6.18. The molecular formula is C16H12N2O2. The van der Waals surface area contributed by atoms with E-state index < -0.39 is 0 Å². The van der Waals surface area contributed by atoms with E-state index in [9.17, 15) is 9.90 Å². The molecule has 1 heterocycles. The number of amides is 1. The van der Waals surface area contributed by atoms with Crippen LogP contribution in [0.3, 0.4) is 0 Å². The molecule has 0 aliphatic carbocycles. The predicted molar refractivity (Wildman–Crippen MR) is 77.2 cm³/mol. The maximum absolute atomic E-state index is 11.9. The highest BCUT2D eigenvalue weighted by atomic mass is 16.3. The van der Waals surface area contributed by atoms with E-state index in [1.165, 1.54) is 0 Å². The zero-order valence-corrected chi connectivity index (χ0v) is 10.6. The van der Waals surface area contributed by atoms with E-state index in [0.29, 0.717) is 11.5 Å². The molecule has 20 heavy (non-hydrogen) atoms. The SMILES string of the molecule is O=C1NC(c2ccccc2)=NC1=Cc1ccc(O)cc1. The highest BCUT2D eigenvalue weighted by Crippen LogP contribution is 2.16. The smallest absolute Gasteiger partial charge is 0.275 e. The Morgan fingerprint density at radius 2 is 1.70 bits per heavy atom. The number of rotatable bonds is 2. The number of aromatic hydroxyl groups is 1. The maximum atomic E-state index is 11.9. The molecule has 0 radical (unpaired) electrons. The Balaban J connectivity index is 1.92. The summed E-state index contributed by atoms with van der Waals surface area (Å²) in [5.74, 6) is 0.522. The van der Waals surface area contributed by atoms with Gasteiger partial charge in [0.15, 0.2) is 0 Å². The van der Waals surface area contributed by atoms with E-state index in [1.54, 1.807) is 30.3 Å². The van der Waals surface area contributed by atoms with E-state index in [2.05, 4.69) is 10.3 Å². The lowest BCUT2D eigenvalue weighted by Gasteiger charge is -1.98. The molecule has 1 amide bonds. The number of benzene rings is 2. The fourth-order valence-corrected chi connectivity index (χ4v) is 1.93. The van der Waals surface area contributed by atoms with Gasteiger partial charge >= 0.3 is 0 Å². The highest BCUT2D eigenvalue weighted by Gasteiger charge is 2.20. The van der Waals surface area contributed by atoms with Crippen LogP contribution in [-0.4, -0.2) is 16.8 Å². The number of phenols is 1.